The zero-order valence-electron chi connectivity index (χ0n) is 11.1. The van der Waals surface area contributed by atoms with E-state index in [4.69, 9.17) is 20.9 Å². The van der Waals surface area contributed by atoms with Gasteiger partial charge in [0.1, 0.15) is 0 Å². The lowest BCUT2D eigenvalue weighted by atomic mass is 10.2. The monoisotopic (exact) mass is 302 g/mol. The van der Waals surface area contributed by atoms with Gasteiger partial charge in [-0.15, -0.1) is 0 Å². The minimum absolute atomic E-state index is 0.0469. The molecule has 1 heterocycles. The van der Waals surface area contributed by atoms with Crippen molar-refractivity contribution in [3.8, 4) is 34.3 Å². The van der Waals surface area contributed by atoms with Crippen molar-refractivity contribution in [1.82, 2.24) is 10.1 Å². The number of benzene rings is 2. The van der Waals surface area contributed by atoms with E-state index in [1.165, 1.54) is 7.11 Å². The van der Waals surface area contributed by atoms with Crippen LogP contribution in [0.15, 0.2) is 47.0 Å². The summed E-state index contributed by atoms with van der Waals surface area (Å²) in [4.78, 5) is 4.27. The molecule has 1 aromatic heterocycles. The molecule has 0 saturated heterocycles. The largest absolute Gasteiger partial charge is 0.504 e. The molecule has 3 rings (SSSR count). The molecule has 0 atom stereocenters. The number of ether oxygens (including phenoxy) is 1. The predicted molar refractivity (Wildman–Crippen MR) is 78.4 cm³/mol. The second-order valence-electron chi connectivity index (χ2n) is 4.26. The van der Waals surface area contributed by atoms with Gasteiger partial charge >= 0.3 is 0 Å². The number of aromatic nitrogens is 2. The number of rotatable bonds is 3. The highest BCUT2D eigenvalue weighted by atomic mass is 35.5. The van der Waals surface area contributed by atoms with Crippen LogP contribution in [0.4, 0.5) is 0 Å². The van der Waals surface area contributed by atoms with Crippen molar-refractivity contribution in [1.29, 1.82) is 0 Å². The molecule has 0 unspecified atom stereocenters. The van der Waals surface area contributed by atoms with Crippen molar-refractivity contribution in [3.63, 3.8) is 0 Å². The molecule has 6 heteroatoms. The highest BCUT2D eigenvalue weighted by Gasteiger charge is 2.17. The Morgan fingerprint density at radius 2 is 1.86 bits per heavy atom. The van der Waals surface area contributed by atoms with Gasteiger partial charge in [-0.05, 0) is 24.3 Å². The molecular weight excluding hydrogens is 292 g/mol. The number of nitrogens with zero attached hydrogens (tertiary/aromatic N) is 2. The van der Waals surface area contributed by atoms with Gasteiger partial charge in [0.15, 0.2) is 11.5 Å². The number of para-hydroxylation sites is 1. The molecule has 21 heavy (non-hydrogen) atoms. The van der Waals surface area contributed by atoms with Crippen LogP contribution in [-0.4, -0.2) is 22.4 Å². The van der Waals surface area contributed by atoms with Gasteiger partial charge in [0.2, 0.25) is 5.82 Å². The van der Waals surface area contributed by atoms with Crippen LogP contribution in [0.25, 0.3) is 22.8 Å². The molecule has 106 valence electrons. The maximum atomic E-state index is 10.1. The molecule has 0 bridgehead atoms. The zero-order valence-corrected chi connectivity index (χ0v) is 11.8. The average Bonchev–Trinajstić information content (AvgIpc) is 2.97. The molecule has 0 aliphatic carbocycles. The predicted octanol–water partition coefficient (Wildman–Crippen LogP) is 3.77. The van der Waals surface area contributed by atoms with E-state index in [1.807, 2.05) is 12.1 Å². The van der Waals surface area contributed by atoms with Crippen LogP contribution >= 0.6 is 11.6 Å². The molecule has 0 spiro atoms. The third kappa shape index (κ3) is 2.43. The molecule has 2 aromatic carbocycles. The quantitative estimate of drug-likeness (QED) is 0.797. The molecule has 0 aliphatic rings. The van der Waals surface area contributed by atoms with Gasteiger partial charge in [0, 0.05) is 5.56 Å². The van der Waals surface area contributed by atoms with E-state index < -0.39 is 0 Å². The van der Waals surface area contributed by atoms with Crippen LogP contribution < -0.4 is 4.74 Å². The first-order valence-electron chi connectivity index (χ1n) is 6.15. The lowest BCUT2D eigenvalue weighted by molar-refractivity contribution is 0.371. The Labute approximate surface area is 125 Å². The first-order chi connectivity index (χ1) is 10.2. The highest BCUT2D eigenvalue weighted by molar-refractivity contribution is 6.33. The smallest absolute Gasteiger partial charge is 0.262 e. The van der Waals surface area contributed by atoms with E-state index in [0.717, 1.165) is 0 Å². The summed E-state index contributed by atoms with van der Waals surface area (Å²) in [5.41, 5.74) is 1.07. The van der Waals surface area contributed by atoms with Crippen molar-refractivity contribution >= 4 is 11.6 Å². The number of phenols is 1. The molecule has 0 amide bonds. The van der Waals surface area contributed by atoms with Gasteiger partial charge in [0.05, 0.1) is 17.7 Å². The average molecular weight is 303 g/mol. The Balaban J connectivity index is 2.05. The van der Waals surface area contributed by atoms with Crippen molar-refractivity contribution in [2.45, 2.75) is 0 Å². The summed E-state index contributed by atoms with van der Waals surface area (Å²) in [6.07, 6.45) is 0. The highest BCUT2D eigenvalue weighted by Crippen LogP contribution is 2.37. The first-order valence-corrected chi connectivity index (χ1v) is 6.53. The van der Waals surface area contributed by atoms with Crippen LogP contribution in [0.2, 0.25) is 5.02 Å². The fourth-order valence-electron chi connectivity index (χ4n) is 1.94. The van der Waals surface area contributed by atoms with Crippen LogP contribution in [0.3, 0.4) is 0 Å². The van der Waals surface area contributed by atoms with Crippen molar-refractivity contribution in [2.75, 3.05) is 7.11 Å². The van der Waals surface area contributed by atoms with E-state index in [2.05, 4.69) is 10.1 Å². The number of phenolic OH excluding ortho intramolecular Hbond substituents is 1. The molecule has 0 fully saturated rings. The summed E-state index contributed by atoms with van der Waals surface area (Å²) >= 11 is 6.10. The normalized spacial score (nSPS) is 10.6. The molecule has 3 aromatic rings. The molecule has 0 radical (unpaired) electrons. The summed E-state index contributed by atoms with van der Waals surface area (Å²) < 4.78 is 10.3. The van der Waals surface area contributed by atoms with Gasteiger partial charge in [-0.1, -0.05) is 35.0 Å². The number of methoxy groups -OCH3 is 1. The third-order valence-corrected chi connectivity index (χ3v) is 3.32. The summed E-state index contributed by atoms with van der Waals surface area (Å²) in [7, 11) is 1.47. The van der Waals surface area contributed by atoms with E-state index >= 15 is 0 Å². The van der Waals surface area contributed by atoms with Crippen LogP contribution in [0, 0.1) is 0 Å². The van der Waals surface area contributed by atoms with Crippen molar-refractivity contribution < 1.29 is 14.4 Å². The molecule has 0 aliphatic heterocycles. The SMILES string of the molecule is COc1cccc(-c2nc(-c3ccccc3Cl)no2)c1O. The van der Waals surface area contributed by atoms with Gasteiger partial charge in [-0.2, -0.15) is 4.98 Å². The standard InChI is InChI=1S/C15H11ClN2O3/c1-20-12-8-4-6-10(13(12)19)15-17-14(18-21-15)9-5-2-3-7-11(9)16/h2-8,19H,1H3. The Morgan fingerprint density at radius 3 is 2.62 bits per heavy atom. The fraction of sp³-hybridized carbons (Fsp3) is 0.0667. The van der Waals surface area contributed by atoms with Gasteiger partial charge < -0.3 is 14.4 Å². The molecular formula is C15H11ClN2O3. The van der Waals surface area contributed by atoms with Crippen molar-refractivity contribution in [3.05, 3.63) is 47.5 Å². The number of hydrogen-bond acceptors (Lipinski definition) is 5. The first kappa shape index (κ1) is 13.5. The Kier molecular flexibility index (Phi) is 3.50. The van der Waals surface area contributed by atoms with Gasteiger partial charge in [-0.3, -0.25) is 0 Å². The number of aromatic hydroxyl groups is 1. The summed E-state index contributed by atoms with van der Waals surface area (Å²) in [5.74, 6) is 0.846. The maximum Gasteiger partial charge on any atom is 0.262 e. The van der Waals surface area contributed by atoms with Crippen molar-refractivity contribution in [2.24, 2.45) is 0 Å². The van der Waals surface area contributed by atoms with Crippen LogP contribution in [0.5, 0.6) is 11.5 Å². The molecule has 0 saturated carbocycles. The van der Waals surface area contributed by atoms with E-state index in [1.54, 1.807) is 30.3 Å². The lowest BCUT2D eigenvalue weighted by Crippen LogP contribution is -1.86. The second-order valence-corrected chi connectivity index (χ2v) is 4.67. The third-order valence-electron chi connectivity index (χ3n) is 2.99. The second kappa shape index (κ2) is 5.46. The van der Waals surface area contributed by atoms with E-state index in [0.29, 0.717) is 27.7 Å². The Hall–Kier alpha value is -2.53. The van der Waals surface area contributed by atoms with Gasteiger partial charge in [-0.25, -0.2) is 0 Å². The molecule has 5 nitrogen and oxygen atoms in total. The van der Waals surface area contributed by atoms with Crippen LogP contribution in [0.1, 0.15) is 0 Å². The fourth-order valence-corrected chi connectivity index (χ4v) is 2.16. The maximum absolute atomic E-state index is 10.1. The summed E-state index contributed by atoms with van der Waals surface area (Å²) in [6.45, 7) is 0. The zero-order chi connectivity index (χ0) is 14.8. The summed E-state index contributed by atoms with van der Waals surface area (Å²) in [6, 6.07) is 12.2. The number of halogens is 1. The topological polar surface area (TPSA) is 68.4 Å². The van der Waals surface area contributed by atoms with Crippen LogP contribution in [-0.2, 0) is 0 Å². The Morgan fingerprint density at radius 1 is 1.10 bits per heavy atom. The summed E-state index contributed by atoms with van der Waals surface area (Å²) in [5, 5.41) is 14.5. The van der Waals surface area contributed by atoms with E-state index in [9.17, 15) is 5.11 Å². The Bertz CT molecular complexity index is 786. The van der Waals surface area contributed by atoms with E-state index in [-0.39, 0.29) is 11.6 Å². The number of hydrogen-bond donors (Lipinski definition) is 1. The lowest BCUT2D eigenvalue weighted by Gasteiger charge is -2.04. The minimum atomic E-state index is -0.0469. The molecule has 1 N–H and O–H groups in total. The van der Waals surface area contributed by atoms with Gasteiger partial charge in [0.25, 0.3) is 5.89 Å². The minimum Gasteiger partial charge on any atom is -0.504 e.